The van der Waals surface area contributed by atoms with Gasteiger partial charge >= 0.3 is 0 Å². The van der Waals surface area contributed by atoms with Crippen LogP contribution < -0.4 is 9.47 Å². The number of azo groups is 1. The number of ether oxygens (including phenoxy) is 2. The number of nitro benzene ring substituents is 1. The second-order valence-corrected chi connectivity index (χ2v) is 5.62. The Labute approximate surface area is 156 Å². The molecule has 0 bridgehead atoms. The molecule has 0 aromatic heterocycles. The summed E-state index contributed by atoms with van der Waals surface area (Å²) >= 11 is 0. The van der Waals surface area contributed by atoms with Gasteiger partial charge in [-0.05, 0) is 18.9 Å². The largest absolute Gasteiger partial charge is 0.506 e. The van der Waals surface area contributed by atoms with Crippen LogP contribution in [0.25, 0.3) is 0 Å². The second-order valence-electron chi connectivity index (χ2n) is 5.62. The van der Waals surface area contributed by atoms with E-state index in [0.29, 0.717) is 19.0 Å². The second kappa shape index (κ2) is 9.37. The molecule has 0 aliphatic heterocycles. The highest BCUT2D eigenvalue weighted by molar-refractivity contribution is 5.65. The monoisotopic (exact) mass is 375 g/mol. The molecule has 144 valence electrons. The Morgan fingerprint density at radius 2 is 1.70 bits per heavy atom. The van der Waals surface area contributed by atoms with Gasteiger partial charge in [0.25, 0.3) is 5.69 Å². The van der Waals surface area contributed by atoms with Crippen molar-refractivity contribution >= 4 is 17.1 Å². The molecule has 2 aromatic rings. The van der Waals surface area contributed by atoms with Crippen molar-refractivity contribution in [2.75, 3.05) is 13.2 Å². The predicted octanol–water partition coefficient (Wildman–Crippen LogP) is 5.00. The fourth-order valence-corrected chi connectivity index (χ4v) is 2.10. The van der Waals surface area contributed by atoms with E-state index in [9.17, 15) is 20.3 Å². The first-order valence-electron chi connectivity index (χ1n) is 8.48. The molecule has 0 fully saturated rings. The van der Waals surface area contributed by atoms with Crippen molar-refractivity contribution < 1.29 is 24.6 Å². The lowest BCUT2D eigenvalue weighted by Crippen LogP contribution is -1.98. The third-order valence-electron chi connectivity index (χ3n) is 3.39. The topological polar surface area (TPSA) is 127 Å². The van der Waals surface area contributed by atoms with Crippen molar-refractivity contribution in [3.05, 3.63) is 40.4 Å². The van der Waals surface area contributed by atoms with Gasteiger partial charge in [0.15, 0.2) is 17.2 Å². The average molecular weight is 375 g/mol. The summed E-state index contributed by atoms with van der Waals surface area (Å²) in [4.78, 5) is 10.3. The molecule has 0 saturated heterocycles. The Kier molecular flexibility index (Phi) is 6.93. The predicted molar refractivity (Wildman–Crippen MR) is 98.6 cm³/mol. The van der Waals surface area contributed by atoms with Crippen molar-refractivity contribution in [2.45, 2.75) is 26.7 Å². The standard InChI is InChI=1S/C18H21N3O6/c1-3-7-26-13-10-16(23)18(17(11-13)27-8-4-2)20-19-14-9-12(21(24)25)5-6-15(14)22/h5-6,9-11,22-23H,3-4,7-8H2,1-2H3. The third-order valence-corrected chi connectivity index (χ3v) is 3.39. The summed E-state index contributed by atoms with van der Waals surface area (Å²) in [6, 6.07) is 6.37. The molecule has 2 aromatic carbocycles. The minimum absolute atomic E-state index is 0.0400. The summed E-state index contributed by atoms with van der Waals surface area (Å²) in [5.74, 6) is 0.195. The van der Waals surface area contributed by atoms with E-state index in [1.54, 1.807) is 6.07 Å². The minimum atomic E-state index is -0.606. The van der Waals surface area contributed by atoms with Gasteiger partial charge in [0.2, 0.25) is 0 Å². The fraction of sp³-hybridized carbons (Fsp3) is 0.333. The maximum atomic E-state index is 10.9. The van der Waals surface area contributed by atoms with E-state index in [0.717, 1.165) is 31.0 Å². The Hall–Kier alpha value is -3.36. The molecule has 0 unspecified atom stereocenters. The maximum Gasteiger partial charge on any atom is 0.271 e. The molecule has 0 aliphatic rings. The minimum Gasteiger partial charge on any atom is -0.506 e. The van der Waals surface area contributed by atoms with E-state index in [4.69, 9.17) is 9.47 Å². The highest BCUT2D eigenvalue weighted by Gasteiger charge is 2.14. The molecular formula is C18H21N3O6. The first kappa shape index (κ1) is 20.0. The van der Waals surface area contributed by atoms with E-state index in [1.165, 1.54) is 6.07 Å². The molecule has 9 heteroatoms. The van der Waals surface area contributed by atoms with Crippen LogP contribution in [0.4, 0.5) is 17.1 Å². The molecule has 0 amide bonds. The van der Waals surface area contributed by atoms with Gasteiger partial charge in [-0.15, -0.1) is 10.2 Å². The number of phenols is 2. The first-order chi connectivity index (χ1) is 13.0. The lowest BCUT2D eigenvalue weighted by molar-refractivity contribution is -0.384. The van der Waals surface area contributed by atoms with Crippen LogP contribution in [0, 0.1) is 10.1 Å². The fourth-order valence-electron chi connectivity index (χ4n) is 2.10. The normalized spacial score (nSPS) is 10.9. The van der Waals surface area contributed by atoms with Crippen LogP contribution in [-0.4, -0.2) is 28.4 Å². The van der Waals surface area contributed by atoms with Crippen molar-refractivity contribution in [2.24, 2.45) is 10.2 Å². The van der Waals surface area contributed by atoms with Gasteiger partial charge in [-0.2, -0.15) is 0 Å². The molecule has 2 N–H and O–H groups in total. The summed E-state index contributed by atoms with van der Waals surface area (Å²) in [6.07, 6.45) is 1.54. The quantitative estimate of drug-likeness (QED) is 0.361. The number of phenolic OH excluding ortho intramolecular Hbond substituents is 2. The molecule has 0 saturated carbocycles. The number of nitrogens with zero attached hydrogens (tertiary/aromatic N) is 3. The van der Waals surface area contributed by atoms with Crippen LogP contribution in [0.1, 0.15) is 26.7 Å². The number of rotatable bonds is 9. The summed E-state index contributed by atoms with van der Waals surface area (Å²) in [7, 11) is 0. The SMILES string of the molecule is CCCOc1cc(O)c(N=Nc2cc([N+](=O)[O-])ccc2O)c(OCCC)c1. The van der Waals surface area contributed by atoms with Crippen LogP contribution in [0.15, 0.2) is 40.6 Å². The summed E-state index contributed by atoms with van der Waals surface area (Å²) in [6.45, 7) is 4.76. The molecule has 27 heavy (non-hydrogen) atoms. The van der Waals surface area contributed by atoms with Crippen LogP contribution in [0.5, 0.6) is 23.0 Å². The molecule has 0 aliphatic carbocycles. The summed E-state index contributed by atoms with van der Waals surface area (Å²) in [5.41, 5.74) is -0.300. The van der Waals surface area contributed by atoms with Crippen molar-refractivity contribution in [3.63, 3.8) is 0 Å². The van der Waals surface area contributed by atoms with Gasteiger partial charge in [0.05, 0.1) is 18.1 Å². The van der Waals surface area contributed by atoms with Gasteiger partial charge in [-0.3, -0.25) is 10.1 Å². The van der Waals surface area contributed by atoms with Gasteiger partial charge < -0.3 is 19.7 Å². The highest BCUT2D eigenvalue weighted by atomic mass is 16.6. The maximum absolute atomic E-state index is 10.9. The van der Waals surface area contributed by atoms with Crippen molar-refractivity contribution in [1.29, 1.82) is 0 Å². The van der Waals surface area contributed by atoms with Crippen LogP contribution in [0.2, 0.25) is 0 Å². The zero-order chi connectivity index (χ0) is 19.8. The molecule has 9 nitrogen and oxygen atoms in total. The Morgan fingerprint density at radius 1 is 1.00 bits per heavy atom. The van der Waals surface area contributed by atoms with Gasteiger partial charge in [-0.25, -0.2) is 0 Å². The van der Waals surface area contributed by atoms with E-state index >= 15 is 0 Å². The van der Waals surface area contributed by atoms with E-state index < -0.39 is 4.92 Å². The number of hydrogen-bond donors (Lipinski definition) is 2. The van der Waals surface area contributed by atoms with E-state index in [1.807, 2.05) is 13.8 Å². The van der Waals surface area contributed by atoms with Gasteiger partial charge in [0, 0.05) is 24.3 Å². The number of nitro groups is 1. The molecule has 0 spiro atoms. The first-order valence-corrected chi connectivity index (χ1v) is 8.48. The number of hydrogen-bond acceptors (Lipinski definition) is 8. The van der Waals surface area contributed by atoms with Gasteiger partial charge in [-0.1, -0.05) is 13.8 Å². The third kappa shape index (κ3) is 5.30. The van der Waals surface area contributed by atoms with Gasteiger partial charge in [0.1, 0.15) is 17.2 Å². The zero-order valence-electron chi connectivity index (χ0n) is 15.1. The zero-order valence-corrected chi connectivity index (χ0v) is 15.1. The number of non-ortho nitro benzene ring substituents is 1. The smallest absolute Gasteiger partial charge is 0.271 e. The molecular weight excluding hydrogens is 354 g/mol. The van der Waals surface area contributed by atoms with Crippen molar-refractivity contribution in [1.82, 2.24) is 0 Å². The number of aromatic hydroxyl groups is 2. The Balaban J connectivity index is 2.40. The number of benzene rings is 2. The molecule has 0 radical (unpaired) electrons. The summed E-state index contributed by atoms with van der Waals surface area (Å²) < 4.78 is 11.1. The van der Waals surface area contributed by atoms with E-state index in [-0.39, 0.29) is 34.3 Å². The summed E-state index contributed by atoms with van der Waals surface area (Å²) in [5, 5.41) is 38.7. The Morgan fingerprint density at radius 3 is 2.37 bits per heavy atom. The van der Waals surface area contributed by atoms with E-state index in [2.05, 4.69) is 10.2 Å². The lowest BCUT2D eigenvalue weighted by Gasteiger charge is -2.12. The molecule has 0 heterocycles. The van der Waals surface area contributed by atoms with Crippen molar-refractivity contribution in [3.8, 4) is 23.0 Å². The van der Waals surface area contributed by atoms with Crippen LogP contribution in [-0.2, 0) is 0 Å². The average Bonchev–Trinajstić information content (AvgIpc) is 2.64. The van der Waals surface area contributed by atoms with Crippen LogP contribution >= 0.6 is 0 Å². The lowest BCUT2D eigenvalue weighted by atomic mass is 10.2. The van der Waals surface area contributed by atoms with Crippen LogP contribution in [0.3, 0.4) is 0 Å². The molecule has 0 atom stereocenters. The molecule has 2 rings (SSSR count). The Bertz CT molecular complexity index is 838. The highest BCUT2D eigenvalue weighted by Crippen LogP contribution is 2.42.